The van der Waals surface area contributed by atoms with Crippen molar-refractivity contribution >= 4 is 16.7 Å². The second-order valence-electron chi connectivity index (χ2n) is 6.66. The summed E-state index contributed by atoms with van der Waals surface area (Å²) < 4.78 is 1.05. The maximum atomic E-state index is 12.5. The maximum absolute atomic E-state index is 12.5. The van der Waals surface area contributed by atoms with Crippen molar-refractivity contribution in [1.82, 2.24) is 20.0 Å². The van der Waals surface area contributed by atoms with Crippen molar-refractivity contribution in [2.24, 2.45) is 0 Å². The molecule has 0 aliphatic carbocycles. The van der Waals surface area contributed by atoms with E-state index >= 15 is 0 Å². The summed E-state index contributed by atoms with van der Waals surface area (Å²) in [5.74, 6) is -0.345. The lowest BCUT2D eigenvalue weighted by Gasteiger charge is -2.15. The molecule has 0 aliphatic rings. The van der Waals surface area contributed by atoms with Gasteiger partial charge in [-0.15, -0.1) is 0 Å². The summed E-state index contributed by atoms with van der Waals surface area (Å²) >= 11 is 0. The molecule has 0 unspecified atom stereocenters. The number of aromatic amines is 1. The van der Waals surface area contributed by atoms with Crippen LogP contribution in [0.5, 0.6) is 0 Å². The highest BCUT2D eigenvalue weighted by Crippen LogP contribution is 2.10. The number of H-pyrrole nitrogens is 1. The Morgan fingerprint density at radius 2 is 1.63 bits per heavy atom. The molecule has 0 saturated carbocycles. The molecular weight excluding hydrogens is 344 g/mol. The van der Waals surface area contributed by atoms with Crippen LogP contribution in [-0.4, -0.2) is 34.7 Å². The largest absolute Gasteiger partial charge is 0.350 e. The predicted molar refractivity (Wildman–Crippen MR) is 105 cm³/mol. The topological polar surface area (TPSA) is 87.2 Å². The second-order valence-corrected chi connectivity index (χ2v) is 6.66. The van der Waals surface area contributed by atoms with Gasteiger partial charge in [-0.2, -0.15) is 0 Å². The number of aromatic nitrogens is 2. The fourth-order valence-corrected chi connectivity index (χ4v) is 2.98. The first kappa shape index (κ1) is 18.6. The zero-order valence-electron chi connectivity index (χ0n) is 15.4. The van der Waals surface area contributed by atoms with E-state index in [9.17, 15) is 14.4 Å². The van der Waals surface area contributed by atoms with Gasteiger partial charge in [-0.1, -0.05) is 36.4 Å². The number of hydrogen-bond donors (Lipinski definition) is 2. The Labute approximate surface area is 156 Å². The monoisotopic (exact) mass is 366 g/mol. The van der Waals surface area contributed by atoms with Crippen LogP contribution < -0.4 is 16.4 Å². The van der Waals surface area contributed by atoms with Crippen LogP contribution in [0.4, 0.5) is 0 Å². The van der Waals surface area contributed by atoms with Crippen LogP contribution in [0.25, 0.3) is 10.8 Å². The van der Waals surface area contributed by atoms with Gasteiger partial charge >= 0.3 is 0 Å². The Balaban J connectivity index is 1.74. The van der Waals surface area contributed by atoms with Gasteiger partial charge in [0.05, 0.1) is 10.8 Å². The normalized spacial score (nSPS) is 11.1. The molecule has 0 atom stereocenters. The number of rotatable bonds is 6. The Kier molecular flexibility index (Phi) is 5.52. The molecule has 3 aromatic rings. The molecule has 0 aliphatic heterocycles. The lowest BCUT2D eigenvalue weighted by molar-refractivity contribution is -0.122. The van der Waals surface area contributed by atoms with Gasteiger partial charge in [0.2, 0.25) is 5.91 Å². The minimum absolute atomic E-state index is 0.241. The van der Waals surface area contributed by atoms with Crippen LogP contribution in [0, 0.1) is 0 Å². The molecule has 0 saturated heterocycles. The summed E-state index contributed by atoms with van der Waals surface area (Å²) in [6.07, 6.45) is 0. The number of hydrogen-bond acceptors (Lipinski definition) is 4. The third kappa shape index (κ3) is 4.32. The SMILES string of the molecule is CN(C)Cc1ccccc1CNC(=O)Cn1[nH]c(=O)c2ccccc2c1=O. The molecule has 0 spiro atoms. The quantitative estimate of drug-likeness (QED) is 0.683. The van der Waals surface area contributed by atoms with E-state index < -0.39 is 11.1 Å². The van der Waals surface area contributed by atoms with E-state index in [1.54, 1.807) is 24.3 Å². The molecule has 0 fully saturated rings. The summed E-state index contributed by atoms with van der Waals surface area (Å²) in [4.78, 5) is 39.0. The lowest BCUT2D eigenvalue weighted by Crippen LogP contribution is -2.36. The summed E-state index contributed by atoms with van der Waals surface area (Å²) in [6.45, 7) is 0.883. The summed E-state index contributed by atoms with van der Waals surface area (Å²) in [5.41, 5.74) is 1.35. The molecule has 2 N–H and O–H groups in total. The highest BCUT2D eigenvalue weighted by molar-refractivity contribution is 5.81. The van der Waals surface area contributed by atoms with Crippen molar-refractivity contribution in [2.45, 2.75) is 19.6 Å². The summed E-state index contributed by atoms with van der Waals surface area (Å²) in [6, 6.07) is 14.4. The van der Waals surface area contributed by atoms with Crippen LogP contribution >= 0.6 is 0 Å². The number of fused-ring (bicyclic) bond motifs is 1. The van der Waals surface area contributed by atoms with Gasteiger partial charge in [0, 0.05) is 13.1 Å². The fourth-order valence-electron chi connectivity index (χ4n) is 2.98. The highest BCUT2D eigenvalue weighted by Gasteiger charge is 2.11. The number of nitrogens with one attached hydrogen (secondary N) is 2. The third-order valence-corrected chi connectivity index (χ3v) is 4.27. The molecule has 3 rings (SSSR count). The van der Waals surface area contributed by atoms with E-state index in [1.165, 1.54) is 0 Å². The van der Waals surface area contributed by atoms with Crippen LogP contribution in [0.1, 0.15) is 11.1 Å². The average Bonchev–Trinajstić information content (AvgIpc) is 2.65. The summed E-state index contributed by atoms with van der Waals surface area (Å²) in [7, 11) is 3.97. The van der Waals surface area contributed by atoms with Crippen molar-refractivity contribution in [3.05, 3.63) is 80.4 Å². The van der Waals surface area contributed by atoms with Crippen molar-refractivity contribution in [1.29, 1.82) is 0 Å². The molecular formula is C20H22N4O3. The fraction of sp³-hybridized carbons (Fsp3) is 0.250. The molecule has 1 amide bonds. The van der Waals surface area contributed by atoms with E-state index in [4.69, 9.17) is 0 Å². The van der Waals surface area contributed by atoms with Crippen molar-refractivity contribution < 1.29 is 4.79 Å². The van der Waals surface area contributed by atoms with Gasteiger partial charge in [-0.05, 0) is 37.4 Å². The van der Waals surface area contributed by atoms with Gasteiger partial charge in [-0.25, -0.2) is 4.68 Å². The van der Waals surface area contributed by atoms with Crippen molar-refractivity contribution in [3.63, 3.8) is 0 Å². The van der Waals surface area contributed by atoms with Crippen LogP contribution in [0.3, 0.4) is 0 Å². The molecule has 0 bridgehead atoms. The molecule has 27 heavy (non-hydrogen) atoms. The standard InChI is InChI=1S/C20H22N4O3/c1-23(2)12-15-8-4-3-7-14(15)11-21-18(25)13-24-20(27)17-10-6-5-9-16(17)19(26)22-24/h3-10H,11-13H2,1-2H3,(H,21,25)(H,22,26). The first-order chi connectivity index (χ1) is 13.0. The first-order valence-electron chi connectivity index (χ1n) is 8.66. The Hall–Kier alpha value is -3.19. The number of carbonyl (C=O) groups excluding carboxylic acids is 1. The van der Waals surface area contributed by atoms with Crippen LogP contribution in [0.15, 0.2) is 58.1 Å². The third-order valence-electron chi connectivity index (χ3n) is 4.27. The Morgan fingerprint density at radius 3 is 2.33 bits per heavy atom. The van der Waals surface area contributed by atoms with Crippen molar-refractivity contribution in [2.75, 3.05) is 14.1 Å². The smallest absolute Gasteiger partial charge is 0.273 e. The molecule has 2 aromatic carbocycles. The highest BCUT2D eigenvalue weighted by atomic mass is 16.2. The zero-order chi connectivity index (χ0) is 19.4. The van der Waals surface area contributed by atoms with E-state index in [1.807, 2.05) is 38.4 Å². The van der Waals surface area contributed by atoms with E-state index in [2.05, 4.69) is 15.3 Å². The molecule has 1 aromatic heterocycles. The van der Waals surface area contributed by atoms with E-state index in [-0.39, 0.29) is 12.5 Å². The maximum Gasteiger partial charge on any atom is 0.273 e. The van der Waals surface area contributed by atoms with Crippen LogP contribution in [-0.2, 0) is 24.4 Å². The minimum Gasteiger partial charge on any atom is -0.350 e. The van der Waals surface area contributed by atoms with Gasteiger partial charge < -0.3 is 10.2 Å². The molecule has 0 radical (unpaired) electrons. The number of benzene rings is 2. The van der Waals surface area contributed by atoms with Gasteiger partial charge in [-0.3, -0.25) is 19.5 Å². The number of nitrogens with zero attached hydrogens (tertiary/aromatic N) is 2. The molecule has 1 heterocycles. The van der Waals surface area contributed by atoms with Crippen molar-refractivity contribution in [3.8, 4) is 0 Å². The van der Waals surface area contributed by atoms with Gasteiger partial charge in [0.1, 0.15) is 6.54 Å². The molecule has 7 nitrogen and oxygen atoms in total. The molecule has 140 valence electrons. The number of carbonyl (C=O) groups is 1. The van der Waals surface area contributed by atoms with E-state index in [0.717, 1.165) is 22.4 Å². The van der Waals surface area contributed by atoms with E-state index in [0.29, 0.717) is 17.3 Å². The van der Waals surface area contributed by atoms with Gasteiger partial charge in [0.25, 0.3) is 11.1 Å². The second kappa shape index (κ2) is 8.01. The lowest BCUT2D eigenvalue weighted by atomic mass is 10.1. The van der Waals surface area contributed by atoms with Crippen LogP contribution in [0.2, 0.25) is 0 Å². The Morgan fingerprint density at radius 1 is 1.00 bits per heavy atom. The zero-order valence-corrected chi connectivity index (χ0v) is 15.4. The van der Waals surface area contributed by atoms with Gasteiger partial charge in [0.15, 0.2) is 0 Å². The molecule has 7 heteroatoms. The first-order valence-corrected chi connectivity index (χ1v) is 8.66. The minimum atomic E-state index is -0.395. The number of amides is 1. The average molecular weight is 366 g/mol. The summed E-state index contributed by atoms with van der Waals surface area (Å²) in [5, 5.41) is 5.90. The Bertz CT molecular complexity index is 1080. The predicted octanol–water partition coefficient (Wildman–Crippen LogP) is 1.07.